The minimum atomic E-state index is -0.483. The Kier molecular flexibility index (Phi) is 11.2. The van der Waals surface area contributed by atoms with Gasteiger partial charge in [0.2, 0.25) is 0 Å². The van der Waals surface area contributed by atoms with Crippen molar-refractivity contribution in [3.63, 3.8) is 0 Å². The summed E-state index contributed by atoms with van der Waals surface area (Å²) in [6, 6.07) is 6.02. The van der Waals surface area contributed by atoms with Crippen LogP contribution >= 0.6 is 36.4 Å². The molecule has 0 amide bonds. The third-order valence-electron chi connectivity index (χ3n) is 4.49. The van der Waals surface area contributed by atoms with E-state index in [4.69, 9.17) is 16.3 Å². The number of β-amino-alcohol motifs (C(OH)–C–C–N with tert-alkyl or cyclic N) is 1. The van der Waals surface area contributed by atoms with Crippen LogP contribution in [-0.2, 0) is 4.74 Å². The Morgan fingerprint density at radius 2 is 1.88 bits per heavy atom. The zero-order chi connectivity index (χ0) is 17.7. The third kappa shape index (κ3) is 7.63. The number of benzene rings is 1. The minimum Gasteiger partial charge on any atom is -0.389 e. The van der Waals surface area contributed by atoms with E-state index in [1.165, 1.54) is 11.3 Å². The number of piperazine rings is 1. The van der Waals surface area contributed by atoms with Gasteiger partial charge < -0.3 is 14.7 Å². The number of ether oxygens (including phenoxy) is 1. The van der Waals surface area contributed by atoms with Crippen molar-refractivity contribution >= 4 is 42.1 Å². The topological polar surface area (TPSA) is 35.9 Å². The van der Waals surface area contributed by atoms with Gasteiger partial charge >= 0.3 is 0 Å². The highest BCUT2D eigenvalue weighted by molar-refractivity contribution is 6.30. The van der Waals surface area contributed by atoms with Gasteiger partial charge in [0.25, 0.3) is 0 Å². The fraction of sp³-hybridized carbons (Fsp3) is 0.579. The van der Waals surface area contributed by atoms with Gasteiger partial charge in [-0.25, -0.2) is 0 Å². The van der Waals surface area contributed by atoms with Gasteiger partial charge in [-0.15, -0.1) is 31.4 Å². The summed E-state index contributed by atoms with van der Waals surface area (Å²) in [5.74, 6) is 0. The van der Waals surface area contributed by atoms with Crippen LogP contribution in [0.25, 0.3) is 0 Å². The van der Waals surface area contributed by atoms with Crippen LogP contribution in [0.15, 0.2) is 30.9 Å². The smallest absolute Gasteiger partial charge is 0.0900 e. The number of anilines is 1. The van der Waals surface area contributed by atoms with E-state index < -0.39 is 11.7 Å². The average Bonchev–Trinajstić information content (AvgIpc) is 2.56. The minimum absolute atomic E-state index is 0. The summed E-state index contributed by atoms with van der Waals surface area (Å²) in [7, 11) is 0. The predicted octanol–water partition coefficient (Wildman–Crippen LogP) is 3.96. The number of rotatable bonds is 7. The monoisotopic (exact) mass is 424 g/mol. The van der Waals surface area contributed by atoms with Crippen LogP contribution in [0.4, 0.5) is 5.69 Å². The number of aryl methyl sites for hydroxylation is 1. The van der Waals surface area contributed by atoms with Crippen molar-refractivity contribution in [2.45, 2.75) is 32.5 Å². The number of halogens is 3. The molecule has 0 bridgehead atoms. The Morgan fingerprint density at radius 1 is 1.27 bits per heavy atom. The molecule has 1 unspecified atom stereocenters. The van der Waals surface area contributed by atoms with E-state index in [9.17, 15) is 5.11 Å². The Bertz CT molecular complexity index is 562. The fourth-order valence-electron chi connectivity index (χ4n) is 2.82. The van der Waals surface area contributed by atoms with Gasteiger partial charge in [0.1, 0.15) is 0 Å². The Labute approximate surface area is 175 Å². The first-order valence-electron chi connectivity index (χ1n) is 8.50. The summed E-state index contributed by atoms with van der Waals surface area (Å²) in [6.45, 7) is 14.4. The summed E-state index contributed by atoms with van der Waals surface area (Å²) in [5.41, 5.74) is 2.05. The standard InChI is InChI=1S/C19H29ClN2O2.2ClH/c1-5-19(3,4)24-14-17(23)13-21-8-10-22(11-9-21)18-12-16(20)7-6-15(18)2;;/h5-7,12,17,23H,1,8-11,13-14H2,2-4H3;2*1H. The molecule has 0 saturated carbocycles. The number of aliphatic hydroxyl groups is 1. The average molecular weight is 426 g/mol. The first-order chi connectivity index (χ1) is 11.3. The first-order valence-corrected chi connectivity index (χ1v) is 8.87. The third-order valence-corrected chi connectivity index (χ3v) is 4.73. The van der Waals surface area contributed by atoms with Crippen LogP contribution in [0.3, 0.4) is 0 Å². The van der Waals surface area contributed by atoms with E-state index in [0.717, 1.165) is 31.2 Å². The van der Waals surface area contributed by atoms with E-state index in [1.807, 2.05) is 26.0 Å². The molecule has 1 aliphatic heterocycles. The molecule has 1 aliphatic rings. The molecule has 0 radical (unpaired) electrons. The highest BCUT2D eigenvalue weighted by Gasteiger charge is 2.22. The molecule has 1 fully saturated rings. The van der Waals surface area contributed by atoms with Crippen LogP contribution in [-0.4, -0.2) is 61.0 Å². The van der Waals surface area contributed by atoms with E-state index in [2.05, 4.69) is 29.4 Å². The molecule has 0 aliphatic carbocycles. The van der Waals surface area contributed by atoms with Crippen LogP contribution in [0.5, 0.6) is 0 Å². The van der Waals surface area contributed by atoms with Gasteiger partial charge in [0.05, 0.1) is 18.3 Å². The quantitative estimate of drug-likeness (QED) is 0.671. The molecule has 2 rings (SSSR count). The second kappa shape index (κ2) is 11.4. The first kappa shape index (κ1) is 25.5. The maximum Gasteiger partial charge on any atom is 0.0900 e. The summed E-state index contributed by atoms with van der Waals surface area (Å²) in [5, 5.41) is 11.0. The normalized spacial score (nSPS) is 16.4. The molecule has 150 valence electrons. The SMILES string of the molecule is C=CC(C)(C)OCC(O)CN1CCN(c2cc(Cl)ccc2C)CC1.Cl.Cl. The molecule has 1 saturated heterocycles. The Hall–Kier alpha value is -0.490. The molecule has 1 atom stereocenters. The van der Waals surface area contributed by atoms with Crippen molar-refractivity contribution in [1.29, 1.82) is 0 Å². The van der Waals surface area contributed by atoms with Gasteiger partial charge in [0, 0.05) is 43.4 Å². The molecule has 1 N–H and O–H groups in total. The molecular formula is C19H31Cl3N2O2. The zero-order valence-electron chi connectivity index (χ0n) is 15.8. The van der Waals surface area contributed by atoms with E-state index in [0.29, 0.717) is 13.2 Å². The van der Waals surface area contributed by atoms with Gasteiger partial charge in [-0.3, -0.25) is 4.90 Å². The molecule has 26 heavy (non-hydrogen) atoms. The largest absolute Gasteiger partial charge is 0.389 e. The maximum absolute atomic E-state index is 10.2. The second-order valence-electron chi connectivity index (χ2n) is 6.99. The highest BCUT2D eigenvalue weighted by atomic mass is 35.5. The lowest BCUT2D eigenvalue weighted by atomic mass is 10.1. The molecule has 0 spiro atoms. The second-order valence-corrected chi connectivity index (χ2v) is 7.43. The molecular weight excluding hydrogens is 395 g/mol. The summed E-state index contributed by atoms with van der Waals surface area (Å²) < 4.78 is 5.68. The van der Waals surface area contributed by atoms with Crippen molar-refractivity contribution in [1.82, 2.24) is 4.90 Å². The molecule has 4 nitrogen and oxygen atoms in total. The molecule has 1 heterocycles. The summed E-state index contributed by atoms with van der Waals surface area (Å²) in [4.78, 5) is 4.65. The van der Waals surface area contributed by atoms with Crippen LogP contribution in [0.2, 0.25) is 5.02 Å². The predicted molar refractivity (Wildman–Crippen MR) is 116 cm³/mol. The molecule has 0 aromatic heterocycles. The van der Waals surface area contributed by atoms with Crippen LogP contribution in [0, 0.1) is 6.92 Å². The lowest BCUT2D eigenvalue weighted by Gasteiger charge is -2.37. The van der Waals surface area contributed by atoms with Crippen molar-refractivity contribution in [3.8, 4) is 0 Å². The molecule has 1 aromatic rings. The molecule has 7 heteroatoms. The zero-order valence-corrected chi connectivity index (χ0v) is 18.2. The van der Waals surface area contributed by atoms with Gasteiger partial charge in [-0.05, 0) is 38.5 Å². The Morgan fingerprint density at radius 3 is 2.46 bits per heavy atom. The van der Waals surface area contributed by atoms with Crippen molar-refractivity contribution in [2.24, 2.45) is 0 Å². The highest BCUT2D eigenvalue weighted by Crippen LogP contribution is 2.25. The maximum atomic E-state index is 10.2. The van der Waals surface area contributed by atoms with Crippen molar-refractivity contribution < 1.29 is 9.84 Å². The fourth-order valence-corrected chi connectivity index (χ4v) is 2.98. The lowest BCUT2D eigenvalue weighted by Crippen LogP contribution is -2.49. The number of nitrogens with zero attached hydrogens (tertiary/aromatic N) is 2. The van der Waals surface area contributed by atoms with E-state index in [-0.39, 0.29) is 24.8 Å². The van der Waals surface area contributed by atoms with Gasteiger partial charge in [0.15, 0.2) is 0 Å². The number of hydrogen-bond donors (Lipinski definition) is 1. The van der Waals surface area contributed by atoms with Gasteiger partial charge in [-0.1, -0.05) is 23.7 Å². The van der Waals surface area contributed by atoms with Gasteiger partial charge in [-0.2, -0.15) is 0 Å². The summed E-state index contributed by atoms with van der Waals surface area (Å²) in [6.07, 6.45) is 1.27. The molecule has 1 aromatic carbocycles. The summed E-state index contributed by atoms with van der Waals surface area (Å²) >= 11 is 6.13. The lowest BCUT2D eigenvalue weighted by molar-refractivity contribution is -0.0420. The van der Waals surface area contributed by atoms with Crippen molar-refractivity contribution in [3.05, 3.63) is 41.4 Å². The Balaban J connectivity index is 0.00000312. The number of aliphatic hydroxyl groups excluding tert-OH is 1. The number of hydrogen-bond acceptors (Lipinski definition) is 4. The van der Waals surface area contributed by atoms with E-state index >= 15 is 0 Å². The van der Waals surface area contributed by atoms with Crippen LogP contribution < -0.4 is 4.90 Å². The van der Waals surface area contributed by atoms with E-state index in [1.54, 1.807) is 6.08 Å². The van der Waals surface area contributed by atoms with Crippen molar-refractivity contribution in [2.75, 3.05) is 44.2 Å². The van der Waals surface area contributed by atoms with Crippen LogP contribution in [0.1, 0.15) is 19.4 Å².